The normalized spacial score (nSPS) is 11.2. The van der Waals surface area contributed by atoms with Crippen molar-refractivity contribution in [1.29, 1.82) is 0 Å². The molecule has 1 aromatic carbocycles. The summed E-state index contributed by atoms with van der Waals surface area (Å²) in [6, 6.07) is 5.78. The van der Waals surface area contributed by atoms with Gasteiger partial charge in [-0.05, 0) is 31.0 Å². The third kappa shape index (κ3) is 3.11. The van der Waals surface area contributed by atoms with Crippen molar-refractivity contribution in [3.05, 3.63) is 23.7 Å². The predicted molar refractivity (Wildman–Crippen MR) is 87.6 cm³/mol. The number of hydrogen-bond donors (Lipinski definition) is 2. The summed E-state index contributed by atoms with van der Waals surface area (Å²) in [7, 11) is 0. The molecule has 0 radical (unpaired) electrons. The van der Waals surface area contributed by atoms with E-state index in [1.54, 1.807) is 16.8 Å². The highest BCUT2D eigenvalue weighted by atomic mass is 35.5. The van der Waals surface area contributed by atoms with Gasteiger partial charge in [0, 0.05) is 12.2 Å². The lowest BCUT2D eigenvalue weighted by Gasteiger charge is -2.28. The number of nitrogens with two attached hydrogens (primary N) is 1. The second kappa shape index (κ2) is 7.02. The van der Waals surface area contributed by atoms with Crippen LogP contribution in [0, 0.1) is 5.41 Å². The van der Waals surface area contributed by atoms with Crippen molar-refractivity contribution in [2.24, 2.45) is 11.1 Å². The number of carbonyl (C=O) groups is 1. The topological polar surface area (TPSA) is 68.0 Å². The number of halogens is 1. The smallest absolute Gasteiger partial charge is 0.231 e. The first-order valence-corrected chi connectivity index (χ1v) is 7.38. The third-order valence-corrected chi connectivity index (χ3v) is 4.62. The SMILES string of the molecule is CCC(CC)(CN)C(=O)Nc1ccc2scnc2c1.Cl. The Morgan fingerprint density at radius 3 is 2.70 bits per heavy atom. The monoisotopic (exact) mass is 313 g/mol. The standard InChI is InChI=1S/C14H19N3OS.ClH/c1-3-14(4-2,8-15)13(18)17-10-5-6-12-11(7-10)16-9-19-12;/h5-7,9H,3-4,8,15H2,1-2H3,(H,17,18);1H. The molecule has 0 atom stereocenters. The van der Waals surface area contributed by atoms with Gasteiger partial charge in [0.1, 0.15) is 0 Å². The van der Waals surface area contributed by atoms with Gasteiger partial charge in [0.05, 0.1) is 21.1 Å². The van der Waals surface area contributed by atoms with E-state index in [1.807, 2.05) is 32.0 Å². The molecule has 1 aromatic heterocycles. The van der Waals surface area contributed by atoms with Gasteiger partial charge in [0.15, 0.2) is 0 Å². The van der Waals surface area contributed by atoms with Crippen molar-refractivity contribution in [3.63, 3.8) is 0 Å². The Bertz CT molecular complexity index is 572. The summed E-state index contributed by atoms with van der Waals surface area (Å²) in [5.41, 5.74) is 8.81. The van der Waals surface area contributed by atoms with E-state index in [9.17, 15) is 4.79 Å². The van der Waals surface area contributed by atoms with Gasteiger partial charge in [-0.25, -0.2) is 4.98 Å². The Kier molecular flexibility index (Phi) is 5.92. The van der Waals surface area contributed by atoms with Crippen molar-refractivity contribution in [2.45, 2.75) is 26.7 Å². The molecule has 0 unspecified atom stereocenters. The Hall–Kier alpha value is -1.17. The molecule has 6 heteroatoms. The highest BCUT2D eigenvalue weighted by molar-refractivity contribution is 7.16. The van der Waals surface area contributed by atoms with Crippen LogP contribution in [0.4, 0.5) is 5.69 Å². The van der Waals surface area contributed by atoms with Crippen LogP contribution >= 0.6 is 23.7 Å². The highest BCUT2D eigenvalue weighted by Gasteiger charge is 2.33. The molecule has 0 fully saturated rings. The Morgan fingerprint density at radius 1 is 1.40 bits per heavy atom. The molecule has 0 aliphatic rings. The molecule has 0 saturated carbocycles. The van der Waals surface area contributed by atoms with Gasteiger partial charge in [-0.15, -0.1) is 23.7 Å². The van der Waals surface area contributed by atoms with Crippen LogP contribution in [0.1, 0.15) is 26.7 Å². The molecular formula is C14H20ClN3OS. The van der Waals surface area contributed by atoms with Gasteiger partial charge in [-0.3, -0.25) is 4.79 Å². The lowest BCUT2D eigenvalue weighted by atomic mass is 9.81. The number of carbonyl (C=O) groups excluding carboxylic acids is 1. The first-order chi connectivity index (χ1) is 9.15. The molecule has 0 spiro atoms. The van der Waals surface area contributed by atoms with Crippen molar-refractivity contribution in [3.8, 4) is 0 Å². The molecule has 2 rings (SSSR count). The van der Waals surface area contributed by atoms with Gasteiger partial charge >= 0.3 is 0 Å². The maximum absolute atomic E-state index is 12.4. The zero-order valence-electron chi connectivity index (χ0n) is 11.7. The number of rotatable bonds is 5. The summed E-state index contributed by atoms with van der Waals surface area (Å²) >= 11 is 1.59. The second-order valence-electron chi connectivity index (χ2n) is 4.68. The van der Waals surface area contributed by atoms with E-state index in [2.05, 4.69) is 10.3 Å². The van der Waals surface area contributed by atoms with Crippen LogP contribution in [0.25, 0.3) is 10.2 Å². The Labute approximate surface area is 129 Å². The first kappa shape index (κ1) is 16.9. The zero-order valence-corrected chi connectivity index (χ0v) is 13.3. The minimum atomic E-state index is -0.475. The van der Waals surface area contributed by atoms with Gasteiger partial charge in [0.25, 0.3) is 0 Å². The number of fused-ring (bicyclic) bond motifs is 1. The van der Waals surface area contributed by atoms with Crippen LogP contribution in [-0.4, -0.2) is 17.4 Å². The van der Waals surface area contributed by atoms with Crippen molar-refractivity contribution in [1.82, 2.24) is 4.98 Å². The maximum Gasteiger partial charge on any atom is 0.231 e. The molecule has 4 nitrogen and oxygen atoms in total. The number of amides is 1. The van der Waals surface area contributed by atoms with Gasteiger partial charge in [-0.1, -0.05) is 13.8 Å². The van der Waals surface area contributed by atoms with Gasteiger partial charge in [-0.2, -0.15) is 0 Å². The number of benzene rings is 1. The molecule has 0 bridgehead atoms. The summed E-state index contributed by atoms with van der Waals surface area (Å²) < 4.78 is 1.12. The molecule has 1 amide bonds. The molecule has 2 aromatic rings. The summed E-state index contributed by atoms with van der Waals surface area (Å²) in [5, 5.41) is 2.96. The third-order valence-electron chi connectivity index (χ3n) is 3.81. The van der Waals surface area contributed by atoms with E-state index in [4.69, 9.17) is 5.73 Å². The molecule has 0 aliphatic carbocycles. The zero-order chi connectivity index (χ0) is 13.9. The second-order valence-corrected chi connectivity index (χ2v) is 5.57. The average molecular weight is 314 g/mol. The number of hydrogen-bond acceptors (Lipinski definition) is 4. The number of nitrogens with one attached hydrogen (secondary N) is 1. The fourth-order valence-corrected chi connectivity index (χ4v) is 2.81. The lowest BCUT2D eigenvalue weighted by Crippen LogP contribution is -2.41. The Morgan fingerprint density at radius 2 is 2.10 bits per heavy atom. The molecule has 3 N–H and O–H groups in total. The first-order valence-electron chi connectivity index (χ1n) is 6.50. The van der Waals surface area contributed by atoms with Crippen LogP contribution < -0.4 is 11.1 Å². The van der Waals surface area contributed by atoms with Crippen LogP contribution in [0.2, 0.25) is 0 Å². The fourth-order valence-electron chi connectivity index (χ4n) is 2.15. The minimum Gasteiger partial charge on any atom is -0.329 e. The number of aromatic nitrogens is 1. The number of anilines is 1. The van der Waals surface area contributed by atoms with E-state index in [1.165, 1.54) is 0 Å². The van der Waals surface area contributed by atoms with E-state index in [-0.39, 0.29) is 18.3 Å². The quantitative estimate of drug-likeness (QED) is 0.888. The predicted octanol–water partition coefficient (Wildman–Crippen LogP) is 3.42. The highest BCUT2D eigenvalue weighted by Crippen LogP contribution is 2.28. The molecule has 0 saturated heterocycles. The summed E-state index contributed by atoms with van der Waals surface area (Å²) in [6.45, 7) is 4.36. The fraction of sp³-hybridized carbons (Fsp3) is 0.429. The molecule has 110 valence electrons. The number of nitrogens with zero attached hydrogens (tertiary/aromatic N) is 1. The van der Waals surface area contributed by atoms with Crippen molar-refractivity contribution in [2.75, 3.05) is 11.9 Å². The van der Waals surface area contributed by atoms with E-state index in [0.29, 0.717) is 6.54 Å². The van der Waals surface area contributed by atoms with E-state index < -0.39 is 5.41 Å². The largest absolute Gasteiger partial charge is 0.329 e. The van der Waals surface area contributed by atoms with Crippen LogP contribution in [0.3, 0.4) is 0 Å². The van der Waals surface area contributed by atoms with Gasteiger partial charge in [0.2, 0.25) is 5.91 Å². The van der Waals surface area contributed by atoms with E-state index in [0.717, 1.165) is 28.7 Å². The minimum absolute atomic E-state index is 0. The summed E-state index contributed by atoms with van der Waals surface area (Å²) in [4.78, 5) is 16.6. The molecule has 0 aliphatic heterocycles. The molecule has 1 heterocycles. The molecular weight excluding hydrogens is 294 g/mol. The van der Waals surface area contributed by atoms with Crippen LogP contribution in [-0.2, 0) is 4.79 Å². The maximum atomic E-state index is 12.4. The lowest BCUT2D eigenvalue weighted by molar-refractivity contribution is -0.125. The summed E-state index contributed by atoms with van der Waals surface area (Å²) in [6.07, 6.45) is 1.48. The van der Waals surface area contributed by atoms with E-state index >= 15 is 0 Å². The molecule has 20 heavy (non-hydrogen) atoms. The number of thiazole rings is 1. The Balaban J connectivity index is 0.00000200. The van der Waals surface area contributed by atoms with Crippen molar-refractivity contribution >= 4 is 45.6 Å². The van der Waals surface area contributed by atoms with Crippen LogP contribution in [0.5, 0.6) is 0 Å². The average Bonchev–Trinajstić information content (AvgIpc) is 2.89. The van der Waals surface area contributed by atoms with Crippen molar-refractivity contribution < 1.29 is 4.79 Å². The van der Waals surface area contributed by atoms with Crippen LogP contribution in [0.15, 0.2) is 23.7 Å². The summed E-state index contributed by atoms with van der Waals surface area (Å²) in [5.74, 6) is -0.00502. The van der Waals surface area contributed by atoms with Gasteiger partial charge < -0.3 is 11.1 Å².